The zero-order chi connectivity index (χ0) is 12.8. The molecular formula is C15H16FNO. The number of hydroxylamine groups is 1. The number of rotatable bonds is 5. The van der Waals surface area contributed by atoms with E-state index in [1.165, 1.54) is 12.1 Å². The Kier molecular flexibility index (Phi) is 4.45. The van der Waals surface area contributed by atoms with Gasteiger partial charge in [-0.1, -0.05) is 36.4 Å². The third kappa shape index (κ3) is 3.65. The van der Waals surface area contributed by atoms with Crippen molar-refractivity contribution in [2.45, 2.75) is 20.1 Å². The van der Waals surface area contributed by atoms with Crippen LogP contribution in [0.25, 0.3) is 0 Å². The zero-order valence-corrected chi connectivity index (χ0v) is 10.3. The fourth-order valence-corrected chi connectivity index (χ4v) is 1.67. The van der Waals surface area contributed by atoms with Gasteiger partial charge in [0.2, 0.25) is 0 Å². The highest BCUT2D eigenvalue weighted by atomic mass is 19.1. The summed E-state index contributed by atoms with van der Waals surface area (Å²) in [7, 11) is 0. The Morgan fingerprint density at radius 2 is 1.89 bits per heavy atom. The lowest BCUT2D eigenvalue weighted by atomic mass is 10.1. The maximum atomic E-state index is 13.1. The van der Waals surface area contributed by atoms with Crippen molar-refractivity contribution in [3.8, 4) is 0 Å². The molecule has 3 heteroatoms. The highest BCUT2D eigenvalue weighted by molar-refractivity contribution is 5.26. The van der Waals surface area contributed by atoms with Gasteiger partial charge in [0.25, 0.3) is 0 Å². The normalized spacial score (nSPS) is 10.6. The van der Waals surface area contributed by atoms with Gasteiger partial charge in [-0.25, -0.2) is 4.39 Å². The molecule has 2 nitrogen and oxygen atoms in total. The first-order chi connectivity index (χ1) is 8.75. The summed E-state index contributed by atoms with van der Waals surface area (Å²) in [5.41, 5.74) is 5.90. The molecule has 0 aromatic heterocycles. The summed E-state index contributed by atoms with van der Waals surface area (Å²) in [6.07, 6.45) is 0. The standard InChI is InChI=1S/C15H16FNO/c1-12-7-8-15(16)9-14(12)10-17-18-11-13-5-3-2-4-6-13/h2-9,17H,10-11H2,1H3. The van der Waals surface area contributed by atoms with Crippen LogP contribution in [0.5, 0.6) is 0 Å². The van der Waals surface area contributed by atoms with E-state index in [0.717, 1.165) is 16.7 Å². The molecule has 1 N–H and O–H groups in total. The van der Waals surface area contributed by atoms with E-state index in [2.05, 4.69) is 5.48 Å². The number of halogens is 1. The van der Waals surface area contributed by atoms with Gasteiger partial charge in [0.05, 0.1) is 6.61 Å². The Bertz CT molecular complexity index is 499. The van der Waals surface area contributed by atoms with Gasteiger partial charge < -0.3 is 0 Å². The van der Waals surface area contributed by atoms with Gasteiger partial charge in [-0.2, -0.15) is 5.48 Å². The molecule has 0 aliphatic carbocycles. The van der Waals surface area contributed by atoms with Crippen LogP contribution in [-0.2, 0) is 18.0 Å². The molecule has 0 saturated carbocycles. The third-order valence-corrected chi connectivity index (χ3v) is 2.76. The molecule has 0 amide bonds. The van der Waals surface area contributed by atoms with Gasteiger partial charge in [0, 0.05) is 6.54 Å². The van der Waals surface area contributed by atoms with Crippen LogP contribution in [0.15, 0.2) is 48.5 Å². The quantitative estimate of drug-likeness (QED) is 0.644. The molecule has 0 heterocycles. The molecule has 18 heavy (non-hydrogen) atoms. The number of aryl methyl sites for hydroxylation is 1. The average Bonchev–Trinajstić information content (AvgIpc) is 2.40. The maximum absolute atomic E-state index is 13.1. The van der Waals surface area contributed by atoms with Gasteiger partial charge >= 0.3 is 0 Å². The minimum absolute atomic E-state index is 0.222. The summed E-state index contributed by atoms with van der Waals surface area (Å²) >= 11 is 0. The largest absolute Gasteiger partial charge is 0.297 e. The number of hydrogen-bond acceptors (Lipinski definition) is 2. The molecule has 0 fully saturated rings. The van der Waals surface area contributed by atoms with E-state index < -0.39 is 0 Å². The van der Waals surface area contributed by atoms with E-state index in [1.807, 2.05) is 37.3 Å². The van der Waals surface area contributed by atoms with Crippen LogP contribution >= 0.6 is 0 Å². The van der Waals surface area contributed by atoms with Crippen molar-refractivity contribution in [2.75, 3.05) is 0 Å². The van der Waals surface area contributed by atoms with Crippen LogP contribution < -0.4 is 5.48 Å². The van der Waals surface area contributed by atoms with Gasteiger partial charge in [-0.15, -0.1) is 0 Å². The first-order valence-electron chi connectivity index (χ1n) is 5.89. The van der Waals surface area contributed by atoms with E-state index in [4.69, 9.17) is 4.84 Å². The van der Waals surface area contributed by atoms with Gasteiger partial charge in [-0.05, 0) is 35.7 Å². The fourth-order valence-electron chi connectivity index (χ4n) is 1.67. The van der Waals surface area contributed by atoms with Gasteiger partial charge in [0.1, 0.15) is 5.82 Å². The topological polar surface area (TPSA) is 21.3 Å². The lowest BCUT2D eigenvalue weighted by Gasteiger charge is -2.08. The summed E-state index contributed by atoms with van der Waals surface area (Å²) in [4.78, 5) is 5.35. The van der Waals surface area contributed by atoms with Crippen LogP contribution in [0, 0.1) is 12.7 Å². The fraction of sp³-hybridized carbons (Fsp3) is 0.200. The Balaban J connectivity index is 1.80. The second-order valence-electron chi connectivity index (χ2n) is 4.17. The van der Waals surface area contributed by atoms with Crippen LogP contribution in [0.2, 0.25) is 0 Å². The van der Waals surface area contributed by atoms with Crippen molar-refractivity contribution in [3.05, 3.63) is 71.0 Å². The van der Waals surface area contributed by atoms with E-state index in [1.54, 1.807) is 6.07 Å². The number of hydrogen-bond donors (Lipinski definition) is 1. The van der Waals surface area contributed by atoms with Crippen molar-refractivity contribution in [1.82, 2.24) is 5.48 Å². The molecule has 0 bridgehead atoms. The first kappa shape index (κ1) is 12.7. The molecule has 0 radical (unpaired) electrons. The lowest BCUT2D eigenvalue weighted by molar-refractivity contribution is 0.0234. The third-order valence-electron chi connectivity index (χ3n) is 2.76. The molecule has 0 aliphatic rings. The molecule has 0 atom stereocenters. The average molecular weight is 245 g/mol. The lowest BCUT2D eigenvalue weighted by Crippen LogP contribution is -2.14. The predicted octanol–water partition coefficient (Wildman–Crippen LogP) is 3.36. The molecular weight excluding hydrogens is 229 g/mol. The maximum Gasteiger partial charge on any atom is 0.123 e. The van der Waals surface area contributed by atoms with Gasteiger partial charge in [-0.3, -0.25) is 4.84 Å². The van der Waals surface area contributed by atoms with Crippen molar-refractivity contribution in [2.24, 2.45) is 0 Å². The Morgan fingerprint density at radius 3 is 2.67 bits per heavy atom. The molecule has 0 unspecified atom stereocenters. The predicted molar refractivity (Wildman–Crippen MR) is 69.2 cm³/mol. The molecule has 94 valence electrons. The van der Waals surface area contributed by atoms with Crippen molar-refractivity contribution < 1.29 is 9.23 Å². The van der Waals surface area contributed by atoms with E-state index >= 15 is 0 Å². The van der Waals surface area contributed by atoms with E-state index in [-0.39, 0.29) is 5.82 Å². The molecule has 2 rings (SSSR count). The van der Waals surface area contributed by atoms with Gasteiger partial charge in [0.15, 0.2) is 0 Å². The van der Waals surface area contributed by atoms with Crippen LogP contribution in [0.4, 0.5) is 4.39 Å². The van der Waals surface area contributed by atoms with Crippen LogP contribution in [-0.4, -0.2) is 0 Å². The van der Waals surface area contributed by atoms with Crippen LogP contribution in [0.3, 0.4) is 0 Å². The highest BCUT2D eigenvalue weighted by Gasteiger charge is 2.00. The first-order valence-corrected chi connectivity index (χ1v) is 5.89. The SMILES string of the molecule is Cc1ccc(F)cc1CNOCc1ccccc1. The summed E-state index contributed by atoms with van der Waals surface area (Å²) in [5, 5.41) is 0. The van der Waals surface area contributed by atoms with E-state index in [9.17, 15) is 4.39 Å². The minimum Gasteiger partial charge on any atom is -0.297 e. The molecule has 2 aromatic rings. The summed E-state index contributed by atoms with van der Waals surface area (Å²) in [6, 6.07) is 14.6. The monoisotopic (exact) mass is 245 g/mol. The number of nitrogens with one attached hydrogen (secondary N) is 1. The van der Waals surface area contributed by atoms with Crippen molar-refractivity contribution >= 4 is 0 Å². The van der Waals surface area contributed by atoms with E-state index in [0.29, 0.717) is 13.2 Å². The summed E-state index contributed by atoms with van der Waals surface area (Å²) < 4.78 is 13.1. The molecule has 0 spiro atoms. The minimum atomic E-state index is -0.222. The number of benzene rings is 2. The van der Waals surface area contributed by atoms with Crippen molar-refractivity contribution in [1.29, 1.82) is 0 Å². The Hall–Kier alpha value is -1.71. The van der Waals surface area contributed by atoms with Crippen LogP contribution in [0.1, 0.15) is 16.7 Å². The molecule has 0 saturated heterocycles. The second kappa shape index (κ2) is 6.28. The Labute approximate surface area is 106 Å². The Morgan fingerprint density at radius 1 is 1.11 bits per heavy atom. The molecule has 2 aromatic carbocycles. The second-order valence-corrected chi connectivity index (χ2v) is 4.17. The summed E-state index contributed by atoms with van der Waals surface area (Å²) in [6.45, 7) is 2.94. The van der Waals surface area contributed by atoms with Crippen molar-refractivity contribution in [3.63, 3.8) is 0 Å². The summed E-state index contributed by atoms with van der Waals surface area (Å²) in [5.74, 6) is -0.222. The smallest absolute Gasteiger partial charge is 0.123 e. The molecule has 0 aliphatic heterocycles. The highest BCUT2D eigenvalue weighted by Crippen LogP contribution is 2.10. The zero-order valence-electron chi connectivity index (χ0n) is 10.3.